The van der Waals surface area contributed by atoms with Crippen molar-refractivity contribution < 1.29 is 9.59 Å². The molecule has 0 unspecified atom stereocenters. The Kier molecular flexibility index (Phi) is 5.18. The Labute approximate surface area is 162 Å². The minimum absolute atomic E-state index is 0.213. The quantitative estimate of drug-likeness (QED) is 0.629. The van der Waals surface area contributed by atoms with E-state index in [4.69, 9.17) is 0 Å². The molecule has 0 radical (unpaired) electrons. The number of aromatic amines is 1. The summed E-state index contributed by atoms with van der Waals surface area (Å²) >= 11 is 0. The zero-order valence-electron chi connectivity index (χ0n) is 15.5. The normalized spacial score (nSPS) is 14.3. The Morgan fingerprint density at radius 1 is 1.18 bits per heavy atom. The second-order valence-corrected chi connectivity index (χ2v) is 6.76. The molecule has 1 aromatic carbocycles. The third-order valence-electron chi connectivity index (χ3n) is 5.03. The predicted molar refractivity (Wildman–Crippen MR) is 106 cm³/mol. The number of piperazine rings is 1. The van der Waals surface area contributed by atoms with Crippen molar-refractivity contribution in [3.05, 3.63) is 54.1 Å². The number of anilines is 1. The van der Waals surface area contributed by atoms with E-state index in [1.54, 1.807) is 11.0 Å². The van der Waals surface area contributed by atoms with Gasteiger partial charge in [0.15, 0.2) is 0 Å². The fourth-order valence-corrected chi connectivity index (χ4v) is 3.44. The number of carbonyl (C=O) groups excluding carboxylic acids is 2. The Morgan fingerprint density at radius 3 is 2.82 bits per heavy atom. The number of nitrogens with one attached hydrogen (secondary N) is 2. The van der Waals surface area contributed by atoms with E-state index < -0.39 is 0 Å². The van der Waals surface area contributed by atoms with E-state index in [2.05, 4.69) is 31.2 Å². The molecular formula is C20H22N6O2. The molecule has 0 bridgehead atoms. The maximum absolute atomic E-state index is 12.5. The van der Waals surface area contributed by atoms with Crippen LogP contribution in [0.2, 0.25) is 0 Å². The van der Waals surface area contributed by atoms with Crippen LogP contribution in [0, 0.1) is 0 Å². The van der Waals surface area contributed by atoms with E-state index >= 15 is 0 Å². The highest BCUT2D eigenvalue weighted by atomic mass is 16.2. The molecule has 0 spiro atoms. The monoisotopic (exact) mass is 378 g/mol. The van der Waals surface area contributed by atoms with Crippen molar-refractivity contribution in [2.24, 2.45) is 0 Å². The van der Waals surface area contributed by atoms with Gasteiger partial charge in [0.1, 0.15) is 17.8 Å². The zero-order chi connectivity index (χ0) is 19.3. The van der Waals surface area contributed by atoms with Crippen molar-refractivity contribution in [3.63, 3.8) is 0 Å². The molecule has 2 aromatic heterocycles. The van der Waals surface area contributed by atoms with Crippen LogP contribution in [0.15, 0.2) is 42.9 Å². The van der Waals surface area contributed by atoms with E-state index in [-0.39, 0.29) is 5.91 Å². The van der Waals surface area contributed by atoms with Crippen LogP contribution in [0.3, 0.4) is 0 Å². The molecule has 3 heterocycles. The van der Waals surface area contributed by atoms with Crippen molar-refractivity contribution in [1.82, 2.24) is 25.2 Å². The first-order valence-electron chi connectivity index (χ1n) is 9.34. The molecule has 144 valence electrons. The Morgan fingerprint density at radius 2 is 2.00 bits per heavy atom. The average molecular weight is 378 g/mol. The average Bonchev–Trinajstić information content (AvgIpc) is 3.17. The first-order chi connectivity index (χ1) is 13.7. The van der Waals surface area contributed by atoms with Gasteiger partial charge in [-0.2, -0.15) is 0 Å². The smallest absolute Gasteiger partial charge is 0.270 e. The summed E-state index contributed by atoms with van der Waals surface area (Å²) in [6, 6.07) is 9.82. The molecule has 3 aromatic rings. The molecule has 8 heteroatoms. The second-order valence-electron chi connectivity index (χ2n) is 6.76. The van der Waals surface area contributed by atoms with Crippen LogP contribution in [0.5, 0.6) is 0 Å². The topological polar surface area (TPSA) is 94.2 Å². The number of fused-ring (bicyclic) bond motifs is 1. The molecule has 28 heavy (non-hydrogen) atoms. The summed E-state index contributed by atoms with van der Waals surface area (Å²) in [5.74, 6) is 0.498. The first kappa shape index (κ1) is 18.0. The number of carbonyl (C=O) groups is 2. The van der Waals surface area contributed by atoms with Crippen molar-refractivity contribution >= 4 is 29.0 Å². The fraction of sp³-hybridized carbons (Fsp3) is 0.300. The van der Waals surface area contributed by atoms with Crippen molar-refractivity contribution in [1.29, 1.82) is 0 Å². The number of rotatable bonds is 6. The van der Waals surface area contributed by atoms with E-state index in [0.717, 1.165) is 18.3 Å². The Bertz CT molecular complexity index is 977. The summed E-state index contributed by atoms with van der Waals surface area (Å²) in [6.45, 7) is 3.21. The van der Waals surface area contributed by atoms with Crippen LogP contribution >= 0.6 is 0 Å². The van der Waals surface area contributed by atoms with Gasteiger partial charge in [-0.15, -0.1) is 0 Å². The second kappa shape index (κ2) is 8.08. The molecule has 2 N–H and O–H groups in total. The van der Waals surface area contributed by atoms with Gasteiger partial charge >= 0.3 is 0 Å². The highest BCUT2D eigenvalue weighted by Gasteiger charge is 2.18. The molecule has 0 saturated carbocycles. The van der Waals surface area contributed by atoms with E-state index in [1.807, 2.05) is 24.4 Å². The third kappa shape index (κ3) is 3.80. The van der Waals surface area contributed by atoms with Crippen molar-refractivity contribution in [3.8, 4) is 0 Å². The number of H-pyrrole nitrogens is 1. The van der Waals surface area contributed by atoms with Gasteiger partial charge in [0, 0.05) is 55.9 Å². The molecule has 1 aliphatic heterocycles. The third-order valence-corrected chi connectivity index (χ3v) is 5.03. The highest BCUT2D eigenvalue weighted by Crippen LogP contribution is 2.18. The van der Waals surface area contributed by atoms with Crippen molar-refractivity contribution in [2.75, 3.05) is 37.6 Å². The summed E-state index contributed by atoms with van der Waals surface area (Å²) in [4.78, 5) is 38.7. The molecule has 1 saturated heterocycles. The SMILES string of the molecule is O=CN1CCN(c2cc(C(=O)NCCc3c[nH]c4ccccc34)ncn2)CC1. The van der Waals surface area contributed by atoms with Crippen LogP contribution in [0.4, 0.5) is 5.82 Å². The largest absolute Gasteiger partial charge is 0.361 e. The van der Waals surface area contributed by atoms with Crippen LogP contribution < -0.4 is 10.2 Å². The molecular weight excluding hydrogens is 356 g/mol. The van der Waals surface area contributed by atoms with Gasteiger partial charge in [0.05, 0.1) is 0 Å². The summed E-state index contributed by atoms with van der Waals surface area (Å²) in [5, 5.41) is 4.11. The number of hydrogen-bond acceptors (Lipinski definition) is 5. The summed E-state index contributed by atoms with van der Waals surface area (Å²) in [7, 11) is 0. The van der Waals surface area contributed by atoms with E-state index in [0.29, 0.717) is 44.2 Å². The van der Waals surface area contributed by atoms with Gasteiger partial charge in [-0.1, -0.05) is 18.2 Å². The summed E-state index contributed by atoms with van der Waals surface area (Å²) < 4.78 is 0. The maximum atomic E-state index is 12.5. The Hall–Kier alpha value is -3.42. The lowest BCUT2D eigenvalue weighted by Gasteiger charge is -2.33. The molecule has 8 nitrogen and oxygen atoms in total. The lowest BCUT2D eigenvalue weighted by atomic mass is 10.1. The number of aromatic nitrogens is 3. The molecule has 0 aliphatic carbocycles. The van der Waals surface area contributed by atoms with Gasteiger partial charge in [-0.25, -0.2) is 9.97 Å². The van der Waals surface area contributed by atoms with Crippen LogP contribution in [0.1, 0.15) is 16.1 Å². The van der Waals surface area contributed by atoms with Gasteiger partial charge in [0.2, 0.25) is 6.41 Å². The standard InChI is InChI=1S/C20H22N6O2/c27-14-25-7-9-26(10-8-25)19-11-18(23-13-24-19)20(28)21-6-5-15-12-22-17-4-2-1-3-16(15)17/h1-4,11-14,22H,5-10H2,(H,21,28). The number of amides is 2. The highest BCUT2D eigenvalue weighted by molar-refractivity contribution is 5.93. The molecule has 2 amide bonds. The number of benzene rings is 1. The first-order valence-corrected chi connectivity index (χ1v) is 9.34. The summed E-state index contributed by atoms with van der Waals surface area (Å²) in [5.41, 5.74) is 2.62. The molecule has 0 atom stereocenters. The van der Waals surface area contributed by atoms with Crippen molar-refractivity contribution in [2.45, 2.75) is 6.42 Å². The Balaban J connectivity index is 1.35. The number of para-hydroxylation sites is 1. The number of nitrogens with zero attached hydrogens (tertiary/aromatic N) is 4. The van der Waals surface area contributed by atoms with E-state index in [9.17, 15) is 9.59 Å². The lowest BCUT2D eigenvalue weighted by Crippen LogP contribution is -2.46. The summed E-state index contributed by atoms with van der Waals surface area (Å²) in [6.07, 6.45) is 5.00. The fourth-order valence-electron chi connectivity index (χ4n) is 3.44. The zero-order valence-corrected chi connectivity index (χ0v) is 15.5. The van der Waals surface area contributed by atoms with Crippen LogP contribution in [-0.2, 0) is 11.2 Å². The molecule has 4 rings (SSSR count). The maximum Gasteiger partial charge on any atom is 0.270 e. The van der Waals surface area contributed by atoms with Gasteiger partial charge in [0.25, 0.3) is 5.91 Å². The minimum Gasteiger partial charge on any atom is -0.361 e. The van der Waals surface area contributed by atoms with Gasteiger partial charge < -0.3 is 20.1 Å². The minimum atomic E-state index is -0.213. The van der Waals surface area contributed by atoms with E-state index in [1.165, 1.54) is 17.3 Å². The number of hydrogen-bond donors (Lipinski definition) is 2. The van der Waals surface area contributed by atoms with Crippen LogP contribution in [0.25, 0.3) is 10.9 Å². The molecule has 1 fully saturated rings. The van der Waals surface area contributed by atoms with Gasteiger partial charge in [-0.05, 0) is 18.1 Å². The van der Waals surface area contributed by atoms with Gasteiger partial charge in [-0.3, -0.25) is 9.59 Å². The predicted octanol–water partition coefficient (Wildman–Crippen LogP) is 1.21. The lowest BCUT2D eigenvalue weighted by molar-refractivity contribution is -0.118. The van der Waals surface area contributed by atoms with Crippen LogP contribution in [-0.4, -0.2) is 64.9 Å². The molecule has 1 aliphatic rings.